The van der Waals surface area contributed by atoms with Crippen LogP contribution in [0.25, 0.3) is 0 Å². The standard InChI is InChI=1S/C11H14FNO/c12-10-3-1-9(2-4-10)8-14-11-5-6-13-7-11/h1-4,11,13H,5-8H2. The molecule has 0 spiro atoms. The van der Waals surface area contributed by atoms with Crippen molar-refractivity contribution in [2.24, 2.45) is 0 Å². The highest BCUT2D eigenvalue weighted by atomic mass is 19.1. The van der Waals surface area contributed by atoms with E-state index in [1.165, 1.54) is 12.1 Å². The second-order valence-corrected chi connectivity index (χ2v) is 3.55. The van der Waals surface area contributed by atoms with Crippen molar-refractivity contribution in [3.63, 3.8) is 0 Å². The highest BCUT2D eigenvalue weighted by Crippen LogP contribution is 2.09. The number of benzene rings is 1. The van der Waals surface area contributed by atoms with E-state index in [-0.39, 0.29) is 5.82 Å². The molecular formula is C11H14FNO. The lowest BCUT2D eigenvalue weighted by molar-refractivity contribution is 0.0542. The lowest BCUT2D eigenvalue weighted by atomic mass is 10.2. The Morgan fingerprint density at radius 3 is 2.79 bits per heavy atom. The van der Waals surface area contributed by atoms with E-state index < -0.39 is 0 Å². The molecule has 1 unspecified atom stereocenters. The molecule has 0 bridgehead atoms. The first-order valence-corrected chi connectivity index (χ1v) is 4.91. The van der Waals surface area contributed by atoms with Crippen molar-refractivity contribution in [3.8, 4) is 0 Å². The first-order chi connectivity index (χ1) is 6.84. The topological polar surface area (TPSA) is 21.3 Å². The molecule has 2 nitrogen and oxygen atoms in total. The summed E-state index contributed by atoms with van der Waals surface area (Å²) in [5, 5.41) is 3.23. The number of hydrogen-bond acceptors (Lipinski definition) is 2. The summed E-state index contributed by atoms with van der Waals surface area (Å²) >= 11 is 0. The van der Waals surface area contributed by atoms with Gasteiger partial charge in [-0.2, -0.15) is 0 Å². The maximum absolute atomic E-state index is 12.6. The maximum Gasteiger partial charge on any atom is 0.123 e. The van der Waals surface area contributed by atoms with Crippen molar-refractivity contribution < 1.29 is 9.13 Å². The zero-order chi connectivity index (χ0) is 9.80. The third kappa shape index (κ3) is 2.53. The van der Waals surface area contributed by atoms with E-state index in [0.29, 0.717) is 12.7 Å². The first kappa shape index (κ1) is 9.62. The largest absolute Gasteiger partial charge is 0.372 e. The van der Waals surface area contributed by atoms with Crippen LogP contribution in [0.1, 0.15) is 12.0 Å². The lowest BCUT2D eigenvalue weighted by Crippen LogP contribution is -2.16. The minimum Gasteiger partial charge on any atom is -0.372 e. The Hall–Kier alpha value is -0.930. The fourth-order valence-electron chi connectivity index (χ4n) is 1.57. The molecule has 1 aliphatic heterocycles. The monoisotopic (exact) mass is 195 g/mol. The third-order valence-corrected chi connectivity index (χ3v) is 2.41. The van der Waals surface area contributed by atoms with Crippen molar-refractivity contribution in [3.05, 3.63) is 35.6 Å². The van der Waals surface area contributed by atoms with Gasteiger partial charge >= 0.3 is 0 Å². The SMILES string of the molecule is Fc1ccc(COC2CCNC2)cc1. The van der Waals surface area contributed by atoms with Crippen LogP contribution in [0.5, 0.6) is 0 Å². The Labute approximate surface area is 83.1 Å². The fraction of sp³-hybridized carbons (Fsp3) is 0.455. The Bertz CT molecular complexity index is 280. The van der Waals surface area contributed by atoms with Gasteiger partial charge in [0.05, 0.1) is 12.7 Å². The van der Waals surface area contributed by atoms with Crippen LogP contribution >= 0.6 is 0 Å². The Balaban J connectivity index is 1.82. The number of ether oxygens (including phenoxy) is 1. The number of nitrogens with one attached hydrogen (secondary N) is 1. The Morgan fingerprint density at radius 2 is 2.14 bits per heavy atom. The molecule has 2 rings (SSSR count). The van der Waals surface area contributed by atoms with Gasteiger partial charge in [-0.1, -0.05) is 12.1 Å². The molecular weight excluding hydrogens is 181 g/mol. The van der Waals surface area contributed by atoms with E-state index >= 15 is 0 Å². The fourth-order valence-corrected chi connectivity index (χ4v) is 1.57. The van der Waals surface area contributed by atoms with E-state index in [1.54, 1.807) is 12.1 Å². The highest BCUT2D eigenvalue weighted by Gasteiger charge is 2.14. The van der Waals surface area contributed by atoms with Crippen LogP contribution in [0.15, 0.2) is 24.3 Å². The van der Waals surface area contributed by atoms with Crippen molar-refractivity contribution in [2.45, 2.75) is 19.1 Å². The zero-order valence-electron chi connectivity index (χ0n) is 8.00. The van der Waals surface area contributed by atoms with Gasteiger partial charge in [0, 0.05) is 6.54 Å². The molecule has 1 aromatic carbocycles. The highest BCUT2D eigenvalue weighted by molar-refractivity contribution is 5.15. The van der Waals surface area contributed by atoms with Gasteiger partial charge in [0.2, 0.25) is 0 Å². The molecule has 1 atom stereocenters. The van der Waals surface area contributed by atoms with E-state index in [0.717, 1.165) is 25.1 Å². The first-order valence-electron chi connectivity index (χ1n) is 4.91. The van der Waals surface area contributed by atoms with Crippen LogP contribution in [0.3, 0.4) is 0 Å². The molecule has 0 amide bonds. The van der Waals surface area contributed by atoms with E-state index in [4.69, 9.17) is 4.74 Å². The van der Waals surface area contributed by atoms with Crippen LogP contribution in [0.2, 0.25) is 0 Å². The van der Waals surface area contributed by atoms with Crippen LogP contribution in [-0.2, 0) is 11.3 Å². The number of halogens is 1. The molecule has 3 heteroatoms. The van der Waals surface area contributed by atoms with Gasteiger partial charge in [0.15, 0.2) is 0 Å². The summed E-state index contributed by atoms with van der Waals surface area (Å²) in [6.45, 7) is 2.54. The molecule has 0 aromatic heterocycles. The Morgan fingerprint density at radius 1 is 1.36 bits per heavy atom. The summed E-state index contributed by atoms with van der Waals surface area (Å²) in [7, 11) is 0. The molecule has 0 aliphatic carbocycles. The summed E-state index contributed by atoms with van der Waals surface area (Å²) in [5.41, 5.74) is 1.03. The molecule has 1 heterocycles. The molecule has 0 saturated carbocycles. The second-order valence-electron chi connectivity index (χ2n) is 3.55. The van der Waals surface area contributed by atoms with Crippen molar-refractivity contribution in [1.82, 2.24) is 5.32 Å². The van der Waals surface area contributed by atoms with Crippen molar-refractivity contribution >= 4 is 0 Å². The molecule has 1 N–H and O–H groups in total. The van der Waals surface area contributed by atoms with Gasteiger partial charge in [-0.25, -0.2) is 4.39 Å². The summed E-state index contributed by atoms with van der Waals surface area (Å²) < 4.78 is 18.2. The van der Waals surface area contributed by atoms with Gasteiger partial charge in [-0.15, -0.1) is 0 Å². The van der Waals surface area contributed by atoms with Crippen LogP contribution in [0.4, 0.5) is 4.39 Å². The van der Waals surface area contributed by atoms with Crippen molar-refractivity contribution in [2.75, 3.05) is 13.1 Å². The smallest absolute Gasteiger partial charge is 0.123 e. The zero-order valence-corrected chi connectivity index (χ0v) is 8.00. The normalized spacial score (nSPS) is 21.4. The second kappa shape index (κ2) is 4.53. The molecule has 0 radical (unpaired) electrons. The quantitative estimate of drug-likeness (QED) is 0.792. The van der Waals surface area contributed by atoms with E-state index in [2.05, 4.69) is 5.32 Å². The van der Waals surface area contributed by atoms with Crippen LogP contribution < -0.4 is 5.32 Å². The van der Waals surface area contributed by atoms with Gasteiger partial charge in [-0.05, 0) is 30.7 Å². The third-order valence-electron chi connectivity index (χ3n) is 2.41. The summed E-state index contributed by atoms with van der Waals surface area (Å²) in [6, 6.07) is 6.45. The lowest BCUT2D eigenvalue weighted by Gasteiger charge is -2.09. The summed E-state index contributed by atoms with van der Waals surface area (Å²) in [5.74, 6) is -0.198. The minimum absolute atomic E-state index is 0.198. The van der Waals surface area contributed by atoms with Crippen LogP contribution in [-0.4, -0.2) is 19.2 Å². The van der Waals surface area contributed by atoms with Gasteiger partial charge < -0.3 is 10.1 Å². The van der Waals surface area contributed by atoms with E-state index in [9.17, 15) is 4.39 Å². The number of hydrogen-bond donors (Lipinski definition) is 1. The summed E-state index contributed by atoms with van der Waals surface area (Å²) in [4.78, 5) is 0. The molecule has 1 saturated heterocycles. The predicted molar refractivity (Wildman–Crippen MR) is 52.5 cm³/mol. The van der Waals surface area contributed by atoms with Gasteiger partial charge in [-0.3, -0.25) is 0 Å². The maximum atomic E-state index is 12.6. The molecule has 1 aliphatic rings. The van der Waals surface area contributed by atoms with Crippen molar-refractivity contribution in [1.29, 1.82) is 0 Å². The number of rotatable bonds is 3. The minimum atomic E-state index is -0.198. The summed E-state index contributed by atoms with van der Waals surface area (Å²) in [6.07, 6.45) is 1.39. The molecule has 76 valence electrons. The molecule has 14 heavy (non-hydrogen) atoms. The average Bonchev–Trinajstić information content (AvgIpc) is 2.70. The Kier molecular flexibility index (Phi) is 3.11. The molecule has 1 fully saturated rings. The average molecular weight is 195 g/mol. The van der Waals surface area contributed by atoms with E-state index in [1.807, 2.05) is 0 Å². The van der Waals surface area contributed by atoms with Gasteiger partial charge in [0.25, 0.3) is 0 Å². The predicted octanol–water partition coefficient (Wildman–Crippen LogP) is 1.70. The molecule has 1 aromatic rings. The van der Waals surface area contributed by atoms with Crippen LogP contribution in [0, 0.1) is 5.82 Å². The van der Waals surface area contributed by atoms with Gasteiger partial charge in [0.1, 0.15) is 5.82 Å².